The summed E-state index contributed by atoms with van der Waals surface area (Å²) in [6, 6.07) is 10.7. The van der Waals surface area contributed by atoms with E-state index < -0.39 is 0 Å². The first-order chi connectivity index (χ1) is 17.0. The molecule has 0 radical (unpaired) electrons. The second-order valence-corrected chi connectivity index (χ2v) is 9.96. The van der Waals surface area contributed by atoms with E-state index in [9.17, 15) is 14.0 Å². The van der Waals surface area contributed by atoms with Crippen LogP contribution < -0.4 is 5.32 Å². The third-order valence-electron chi connectivity index (χ3n) is 7.37. The number of aromatic amines is 1. The van der Waals surface area contributed by atoms with Crippen LogP contribution in [0.4, 0.5) is 4.39 Å². The highest BCUT2D eigenvalue weighted by Crippen LogP contribution is 2.41. The third kappa shape index (κ3) is 4.07. The van der Waals surface area contributed by atoms with Gasteiger partial charge in [-0.15, -0.1) is 0 Å². The van der Waals surface area contributed by atoms with Gasteiger partial charge >= 0.3 is 0 Å². The van der Waals surface area contributed by atoms with E-state index >= 15 is 0 Å². The minimum atomic E-state index is -0.340. The minimum absolute atomic E-state index is 0.167. The molecule has 2 aromatic carbocycles. The number of aromatic nitrogens is 2. The average molecular weight is 492 g/mol. The molecule has 7 nitrogen and oxygen atoms in total. The highest BCUT2D eigenvalue weighted by Gasteiger charge is 2.39. The molecule has 2 unspecified atom stereocenters. The smallest absolute Gasteiger partial charge is 0.243 e. The summed E-state index contributed by atoms with van der Waals surface area (Å²) in [7, 11) is 0. The van der Waals surface area contributed by atoms with Gasteiger partial charge in [0, 0.05) is 38.0 Å². The molecule has 3 aliphatic rings. The molecule has 0 bridgehead atoms. The van der Waals surface area contributed by atoms with Gasteiger partial charge < -0.3 is 0 Å². The minimum Gasteiger partial charge on any atom is -0.295 e. The molecule has 2 N–H and O–H groups in total. The van der Waals surface area contributed by atoms with Gasteiger partial charge in [-0.3, -0.25) is 29.8 Å². The molecule has 0 saturated carbocycles. The summed E-state index contributed by atoms with van der Waals surface area (Å²) >= 11 is 4.84. The number of amides is 2. The highest BCUT2D eigenvalue weighted by atomic mass is 32.1. The topological polar surface area (TPSA) is 81.3 Å². The number of nitrogens with zero attached hydrogens (tertiary/aromatic N) is 3. The van der Waals surface area contributed by atoms with Crippen molar-refractivity contribution in [1.82, 2.24) is 25.3 Å². The van der Waals surface area contributed by atoms with Crippen LogP contribution in [-0.4, -0.2) is 50.9 Å². The van der Waals surface area contributed by atoms with Crippen LogP contribution in [0.5, 0.6) is 0 Å². The van der Waals surface area contributed by atoms with Crippen LogP contribution in [0.2, 0.25) is 0 Å². The number of carbonyl (C=O) groups is 2. The first-order valence-electron chi connectivity index (χ1n) is 11.9. The molecule has 4 heterocycles. The largest absolute Gasteiger partial charge is 0.295 e. The number of imide groups is 1. The van der Waals surface area contributed by atoms with Crippen LogP contribution in [-0.2, 0) is 22.7 Å². The van der Waals surface area contributed by atoms with E-state index in [1.54, 1.807) is 6.07 Å². The summed E-state index contributed by atoms with van der Waals surface area (Å²) in [6.45, 7) is 3.15. The van der Waals surface area contributed by atoms with Crippen molar-refractivity contribution >= 4 is 40.9 Å². The van der Waals surface area contributed by atoms with E-state index in [1.807, 2.05) is 0 Å². The lowest BCUT2D eigenvalue weighted by Gasteiger charge is -2.32. The van der Waals surface area contributed by atoms with Gasteiger partial charge in [-0.25, -0.2) is 4.39 Å². The lowest BCUT2D eigenvalue weighted by Crippen LogP contribution is -2.51. The van der Waals surface area contributed by atoms with Crippen molar-refractivity contribution in [3.8, 4) is 0 Å². The number of nitrogens with one attached hydrogen (secondary N) is 2. The molecule has 1 fully saturated rings. The van der Waals surface area contributed by atoms with Crippen molar-refractivity contribution in [3.63, 3.8) is 0 Å². The lowest BCUT2D eigenvalue weighted by molar-refractivity contribution is -0.137. The van der Waals surface area contributed by atoms with E-state index in [-0.39, 0.29) is 29.0 Å². The van der Waals surface area contributed by atoms with Gasteiger partial charge in [-0.1, -0.05) is 24.3 Å². The van der Waals surface area contributed by atoms with E-state index in [0.29, 0.717) is 24.9 Å². The number of thiol groups is 1. The summed E-state index contributed by atoms with van der Waals surface area (Å²) < 4.78 is 13.5. The second-order valence-electron chi connectivity index (χ2n) is 9.47. The van der Waals surface area contributed by atoms with Crippen LogP contribution >= 0.6 is 12.6 Å². The van der Waals surface area contributed by atoms with Crippen LogP contribution in [0.25, 0.3) is 16.5 Å². The van der Waals surface area contributed by atoms with Gasteiger partial charge in [0.2, 0.25) is 11.8 Å². The standard InChI is InChI=1S/C26H26FN5O2S/c27-17-4-5-19-21(12-17)29-30-24(19)15-8-10-31(11-9-15)13-16-2-1-3-18-20(16)14-32(26(18)35)22-6-7-23(33)28-25(22)34/h1-5,8,12,22,26,35H,6-7,9-11,13-14H2,(H,29,30)(H,28,33,34). The van der Waals surface area contributed by atoms with Crippen molar-refractivity contribution in [1.29, 1.82) is 0 Å². The zero-order chi connectivity index (χ0) is 24.1. The number of piperidine rings is 1. The number of benzene rings is 2. The van der Waals surface area contributed by atoms with Crippen molar-refractivity contribution < 1.29 is 14.0 Å². The van der Waals surface area contributed by atoms with Crippen LogP contribution in [0.3, 0.4) is 0 Å². The maximum absolute atomic E-state index is 13.5. The number of carbonyl (C=O) groups excluding carboxylic acids is 2. The Morgan fingerprint density at radius 1 is 1.17 bits per heavy atom. The normalized spacial score (nSPS) is 23.4. The Morgan fingerprint density at radius 2 is 2.06 bits per heavy atom. The molecule has 35 heavy (non-hydrogen) atoms. The zero-order valence-corrected chi connectivity index (χ0v) is 20.0. The van der Waals surface area contributed by atoms with Crippen molar-refractivity contribution in [2.75, 3.05) is 13.1 Å². The maximum Gasteiger partial charge on any atom is 0.243 e. The SMILES string of the molecule is O=C1CCC(N2Cc3c(CN4CC=C(c5n[nH]c6cc(F)ccc56)CC4)cccc3C2S)C(=O)N1. The van der Waals surface area contributed by atoms with Crippen molar-refractivity contribution in [3.05, 3.63) is 70.7 Å². The molecule has 6 rings (SSSR count). The van der Waals surface area contributed by atoms with Gasteiger partial charge in [-0.05, 0) is 53.3 Å². The third-order valence-corrected chi connectivity index (χ3v) is 7.94. The molecule has 2 amide bonds. The highest BCUT2D eigenvalue weighted by molar-refractivity contribution is 7.80. The Kier molecular flexibility index (Phi) is 5.70. The molecule has 1 aromatic heterocycles. The second kappa shape index (κ2) is 8.89. The Hall–Kier alpha value is -3.01. The van der Waals surface area contributed by atoms with Gasteiger partial charge in [0.1, 0.15) is 5.82 Å². The zero-order valence-electron chi connectivity index (χ0n) is 19.1. The predicted molar refractivity (Wildman–Crippen MR) is 134 cm³/mol. The van der Waals surface area contributed by atoms with E-state index in [2.05, 4.69) is 49.6 Å². The molecule has 2 atom stereocenters. The van der Waals surface area contributed by atoms with Gasteiger partial charge in [0.15, 0.2) is 0 Å². The van der Waals surface area contributed by atoms with Gasteiger partial charge in [0.25, 0.3) is 0 Å². The fourth-order valence-corrected chi connectivity index (χ4v) is 6.00. The van der Waals surface area contributed by atoms with Crippen molar-refractivity contribution in [2.24, 2.45) is 0 Å². The van der Waals surface area contributed by atoms with E-state index in [4.69, 9.17) is 12.6 Å². The van der Waals surface area contributed by atoms with E-state index in [1.165, 1.54) is 28.8 Å². The quantitative estimate of drug-likeness (QED) is 0.384. The number of hydrogen-bond acceptors (Lipinski definition) is 6. The molecular formula is C26H26FN5O2S. The summed E-state index contributed by atoms with van der Waals surface area (Å²) in [5.74, 6) is -0.699. The molecular weight excluding hydrogens is 465 g/mol. The monoisotopic (exact) mass is 491 g/mol. The summed E-state index contributed by atoms with van der Waals surface area (Å²) in [5, 5.41) is 10.6. The number of H-pyrrole nitrogens is 1. The summed E-state index contributed by atoms with van der Waals surface area (Å²) in [6.07, 6.45) is 3.96. The maximum atomic E-state index is 13.5. The molecule has 3 aliphatic heterocycles. The fourth-order valence-electron chi connectivity index (χ4n) is 5.51. The van der Waals surface area contributed by atoms with Crippen LogP contribution in [0.1, 0.15) is 47.0 Å². The molecule has 9 heteroatoms. The molecule has 0 spiro atoms. The Labute approximate surface area is 207 Å². The number of hydrogen-bond donors (Lipinski definition) is 3. The average Bonchev–Trinajstić information content (AvgIpc) is 3.41. The molecule has 0 aliphatic carbocycles. The summed E-state index contributed by atoms with van der Waals surface area (Å²) in [4.78, 5) is 28.5. The number of halogens is 1. The van der Waals surface area contributed by atoms with Crippen LogP contribution in [0.15, 0.2) is 42.5 Å². The fraction of sp³-hybridized carbons (Fsp3) is 0.346. The lowest BCUT2D eigenvalue weighted by atomic mass is 9.99. The predicted octanol–water partition coefficient (Wildman–Crippen LogP) is 3.54. The Bertz CT molecular complexity index is 1370. The van der Waals surface area contributed by atoms with E-state index in [0.717, 1.165) is 42.7 Å². The van der Waals surface area contributed by atoms with Gasteiger partial charge in [-0.2, -0.15) is 17.7 Å². The first-order valence-corrected chi connectivity index (χ1v) is 12.4. The molecule has 1 saturated heterocycles. The number of rotatable bonds is 4. The molecule has 3 aromatic rings. The number of fused-ring (bicyclic) bond motifs is 2. The first kappa shape index (κ1) is 22.5. The Balaban J connectivity index is 1.18. The van der Waals surface area contributed by atoms with Crippen molar-refractivity contribution in [2.45, 2.75) is 43.8 Å². The summed E-state index contributed by atoms with van der Waals surface area (Å²) in [5.41, 5.74) is 6.40. The Morgan fingerprint density at radius 3 is 2.86 bits per heavy atom. The molecule has 180 valence electrons. The van der Waals surface area contributed by atoms with Crippen LogP contribution in [0, 0.1) is 5.82 Å². The van der Waals surface area contributed by atoms with Gasteiger partial charge in [0.05, 0.1) is 22.6 Å².